The second-order valence-corrected chi connectivity index (χ2v) is 5.98. The molecule has 0 saturated heterocycles. The van der Waals surface area contributed by atoms with Crippen LogP contribution in [0.25, 0.3) is 0 Å². The fourth-order valence-electron chi connectivity index (χ4n) is 0.895. The molecule has 5 nitrogen and oxygen atoms in total. The van der Waals surface area contributed by atoms with Crippen molar-refractivity contribution in [3.8, 4) is 0 Å². The van der Waals surface area contributed by atoms with Crippen LogP contribution in [0.5, 0.6) is 0 Å². The normalized spacial score (nSPS) is 12.8. The Morgan fingerprint density at radius 3 is 2.15 bits per heavy atom. The van der Waals surface area contributed by atoms with Crippen molar-refractivity contribution in [2.45, 2.75) is 25.8 Å². The van der Waals surface area contributed by atoms with Crippen LogP contribution < -0.4 is 11.5 Å². The maximum absolute atomic E-state index is 11.3. The third-order valence-corrected chi connectivity index (χ3v) is 3.26. The van der Waals surface area contributed by atoms with Gasteiger partial charge in [0.2, 0.25) is 5.91 Å². The van der Waals surface area contributed by atoms with Crippen LogP contribution in [0.15, 0.2) is 0 Å². The summed E-state index contributed by atoms with van der Waals surface area (Å²) in [6.07, 6.45) is -0.140. The highest BCUT2D eigenvalue weighted by molar-refractivity contribution is 7.91. The predicted molar refractivity (Wildman–Crippen MR) is 50.7 cm³/mol. The van der Waals surface area contributed by atoms with E-state index in [4.69, 9.17) is 11.5 Å². The van der Waals surface area contributed by atoms with Gasteiger partial charge in [0.1, 0.15) is 0 Å². The molecule has 78 valence electrons. The van der Waals surface area contributed by atoms with Crippen molar-refractivity contribution in [3.05, 3.63) is 0 Å². The van der Waals surface area contributed by atoms with Crippen LogP contribution in [-0.2, 0) is 14.6 Å². The lowest BCUT2D eigenvalue weighted by Crippen LogP contribution is -2.40. The molecule has 1 amide bonds. The molecule has 13 heavy (non-hydrogen) atoms. The van der Waals surface area contributed by atoms with Gasteiger partial charge in [0.25, 0.3) is 0 Å². The molecule has 0 heterocycles. The van der Waals surface area contributed by atoms with E-state index in [-0.39, 0.29) is 17.9 Å². The molecule has 0 atom stereocenters. The highest BCUT2D eigenvalue weighted by Gasteiger charge is 2.22. The molecule has 0 aromatic carbocycles. The van der Waals surface area contributed by atoms with Gasteiger partial charge in [-0.25, -0.2) is 8.42 Å². The van der Waals surface area contributed by atoms with Gasteiger partial charge in [-0.2, -0.15) is 0 Å². The zero-order valence-corrected chi connectivity index (χ0v) is 8.73. The van der Waals surface area contributed by atoms with E-state index in [0.29, 0.717) is 0 Å². The number of nitrogens with two attached hydrogens (primary N) is 2. The first-order valence-corrected chi connectivity index (χ1v) is 5.72. The van der Waals surface area contributed by atoms with Crippen molar-refractivity contribution in [2.75, 3.05) is 11.5 Å². The number of primary amides is 1. The number of carbonyl (C=O) groups excluding carboxylic acids is 1. The Morgan fingerprint density at radius 2 is 1.85 bits per heavy atom. The molecular weight excluding hydrogens is 192 g/mol. The van der Waals surface area contributed by atoms with E-state index in [1.165, 1.54) is 0 Å². The standard InChI is InChI=1S/C7H16N2O3S/c1-7(2,9)5-13(11,12)4-3-6(8)10/h3-5,9H2,1-2H3,(H2,8,10). The van der Waals surface area contributed by atoms with Gasteiger partial charge in [-0.3, -0.25) is 4.79 Å². The van der Waals surface area contributed by atoms with E-state index in [0.717, 1.165) is 0 Å². The molecule has 0 aliphatic heterocycles. The third-order valence-electron chi connectivity index (χ3n) is 1.25. The number of sulfone groups is 1. The summed E-state index contributed by atoms with van der Waals surface area (Å²) in [4.78, 5) is 10.3. The summed E-state index contributed by atoms with van der Waals surface area (Å²) in [6, 6.07) is 0. The molecule has 0 radical (unpaired) electrons. The first-order valence-electron chi connectivity index (χ1n) is 3.90. The van der Waals surface area contributed by atoms with Gasteiger partial charge in [0.15, 0.2) is 9.84 Å². The molecule has 0 aromatic rings. The van der Waals surface area contributed by atoms with E-state index < -0.39 is 21.3 Å². The largest absolute Gasteiger partial charge is 0.370 e. The van der Waals surface area contributed by atoms with Gasteiger partial charge in [-0.1, -0.05) is 0 Å². The molecule has 0 saturated carbocycles. The van der Waals surface area contributed by atoms with E-state index in [2.05, 4.69) is 0 Å². The Hall–Kier alpha value is -0.620. The highest BCUT2D eigenvalue weighted by atomic mass is 32.2. The summed E-state index contributed by atoms with van der Waals surface area (Å²) in [5.74, 6) is -0.964. The molecule has 0 rings (SSSR count). The Bertz CT molecular complexity index is 277. The van der Waals surface area contributed by atoms with Crippen LogP contribution in [0.3, 0.4) is 0 Å². The minimum absolute atomic E-state index is 0.132. The lowest BCUT2D eigenvalue weighted by Gasteiger charge is -2.17. The molecule has 0 bridgehead atoms. The number of hydrogen-bond donors (Lipinski definition) is 2. The Kier molecular flexibility index (Phi) is 3.87. The number of rotatable bonds is 5. The van der Waals surface area contributed by atoms with E-state index in [1.807, 2.05) is 0 Å². The fraction of sp³-hybridized carbons (Fsp3) is 0.857. The first kappa shape index (κ1) is 12.4. The second kappa shape index (κ2) is 4.06. The first-order chi connectivity index (χ1) is 5.62. The summed E-state index contributed by atoms with van der Waals surface area (Å²) in [6.45, 7) is 3.24. The lowest BCUT2D eigenvalue weighted by atomic mass is 10.1. The van der Waals surface area contributed by atoms with Crippen LogP contribution >= 0.6 is 0 Å². The van der Waals surface area contributed by atoms with Crippen LogP contribution in [-0.4, -0.2) is 31.4 Å². The van der Waals surface area contributed by atoms with Crippen molar-refractivity contribution in [2.24, 2.45) is 11.5 Å². The van der Waals surface area contributed by atoms with Crippen molar-refractivity contribution in [3.63, 3.8) is 0 Å². The topological polar surface area (TPSA) is 103 Å². The molecular formula is C7H16N2O3S. The molecule has 4 N–H and O–H groups in total. The average Bonchev–Trinajstić information content (AvgIpc) is 1.78. The van der Waals surface area contributed by atoms with Gasteiger partial charge in [-0.15, -0.1) is 0 Å². The predicted octanol–water partition coefficient (Wildman–Crippen LogP) is -0.986. The molecule has 0 fully saturated rings. The number of amides is 1. The maximum atomic E-state index is 11.3. The van der Waals surface area contributed by atoms with Crippen LogP contribution in [0.4, 0.5) is 0 Å². The van der Waals surface area contributed by atoms with Gasteiger partial charge in [-0.05, 0) is 13.8 Å². The van der Waals surface area contributed by atoms with Gasteiger partial charge in [0.05, 0.1) is 11.5 Å². The number of carbonyl (C=O) groups is 1. The van der Waals surface area contributed by atoms with Crippen molar-refractivity contribution in [1.82, 2.24) is 0 Å². The zero-order valence-electron chi connectivity index (χ0n) is 7.91. The van der Waals surface area contributed by atoms with Crippen molar-refractivity contribution < 1.29 is 13.2 Å². The molecule has 6 heteroatoms. The average molecular weight is 208 g/mol. The molecule has 0 unspecified atom stereocenters. The summed E-state index contributed by atoms with van der Waals surface area (Å²) in [7, 11) is -3.26. The SMILES string of the molecule is CC(C)(N)CS(=O)(=O)CCC(N)=O. The maximum Gasteiger partial charge on any atom is 0.218 e. The fourth-order valence-corrected chi connectivity index (χ4v) is 2.69. The summed E-state index contributed by atoms with van der Waals surface area (Å²) in [5.41, 5.74) is 9.59. The molecule has 0 aliphatic carbocycles. The monoisotopic (exact) mass is 208 g/mol. The summed E-state index contributed by atoms with van der Waals surface area (Å²) in [5, 5.41) is 0. The Morgan fingerprint density at radius 1 is 1.38 bits per heavy atom. The second-order valence-electron chi connectivity index (χ2n) is 3.80. The molecule has 0 aliphatic rings. The molecule has 0 aromatic heterocycles. The Labute approximate surface area is 78.4 Å². The van der Waals surface area contributed by atoms with Crippen LogP contribution in [0, 0.1) is 0 Å². The van der Waals surface area contributed by atoms with Gasteiger partial charge >= 0.3 is 0 Å². The van der Waals surface area contributed by atoms with E-state index in [9.17, 15) is 13.2 Å². The molecule has 0 spiro atoms. The quantitative estimate of drug-likeness (QED) is 0.605. The highest BCUT2D eigenvalue weighted by Crippen LogP contribution is 2.04. The van der Waals surface area contributed by atoms with Crippen molar-refractivity contribution >= 4 is 15.7 Å². The van der Waals surface area contributed by atoms with Gasteiger partial charge < -0.3 is 11.5 Å². The smallest absolute Gasteiger partial charge is 0.218 e. The van der Waals surface area contributed by atoms with E-state index >= 15 is 0 Å². The van der Waals surface area contributed by atoms with E-state index in [1.54, 1.807) is 13.8 Å². The number of hydrogen-bond acceptors (Lipinski definition) is 4. The van der Waals surface area contributed by atoms with Gasteiger partial charge in [0, 0.05) is 12.0 Å². The summed E-state index contributed by atoms with van der Waals surface area (Å²) >= 11 is 0. The minimum atomic E-state index is -3.26. The lowest BCUT2D eigenvalue weighted by molar-refractivity contribution is -0.117. The van der Waals surface area contributed by atoms with Crippen LogP contribution in [0.1, 0.15) is 20.3 Å². The van der Waals surface area contributed by atoms with Crippen LogP contribution in [0.2, 0.25) is 0 Å². The third kappa shape index (κ3) is 7.73. The minimum Gasteiger partial charge on any atom is -0.370 e. The summed E-state index contributed by atoms with van der Waals surface area (Å²) < 4.78 is 22.5. The Balaban J connectivity index is 4.19. The van der Waals surface area contributed by atoms with Crippen molar-refractivity contribution in [1.29, 1.82) is 0 Å². The zero-order chi connectivity index (χ0) is 10.7.